The molecule has 4 heteroatoms. The van der Waals surface area contributed by atoms with Crippen LogP contribution in [0.5, 0.6) is 5.75 Å². The first-order chi connectivity index (χ1) is 8.88. The number of hydrogen-bond donors (Lipinski definition) is 1. The van der Waals surface area contributed by atoms with Gasteiger partial charge in [0, 0.05) is 6.42 Å². The summed E-state index contributed by atoms with van der Waals surface area (Å²) in [5.41, 5.74) is 7.21. The van der Waals surface area contributed by atoms with Crippen LogP contribution in [0.15, 0.2) is 18.2 Å². The minimum absolute atomic E-state index is 0.337. The molecule has 4 nitrogen and oxygen atoms in total. The van der Waals surface area contributed by atoms with Crippen molar-refractivity contribution in [1.82, 2.24) is 0 Å². The Morgan fingerprint density at radius 1 is 1.37 bits per heavy atom. The number of carbonyl (C=O) groups is 1. The normalized spacial score (nSPS) is 13.7. The summed E-state index contributed by atoms with van der Waals surface area (Å²) in [6.45, 7) is 8.20. The Kier molecular flexibility index (Phi) is 5.36. The van der Waals surface area contributed by atoms with Gasteiger partial charge in [-0.25, -0.2) is 0 Å². The summed E-state index contributed by atoms with van der Waals surface area (Å²) in [4.78, 5) is 11.6. The Morgan fingerprint density at radius 2 is 2.05 bits per heavy atom. The standard InChI is InChI=1S/C15H23NO3/c1-5-18-14(17)15(4,16)9-10-19-13-8-6-7-11(2)12(13)3/h6-8H,5,9-10,16H2,1-4H3. The lowest BCUT2D eigenvalue weighted by molar-refractivity contribution is -0.149. The molecule has 0 heterocycles. The molecule has 0 fully saturated rings. The van der Waals surface area contributed by atoms with Gasteiger partial charge >= 0.3 is 5.97 Å². The van der Waals surface area contributed by atoms with Crippen molar-refractivity contribution in [1.29, 1.82) is 0 Å². The molecule has 106 valence electrons. The zero-order valence-corrected chi connectivity index (χ0v) is 12.2. The van der Waals surface area contributed by atoms with Crippen LogP contribution in [0.1, 0.15) is 31.4 Å². The van der Waals surface area contributed by atoms with Crippen LogP contribution in [0.2, 0.25) is 0 Å². The molecule has 0 spiro atoms. The lowest BCUT2D eigenvalue weighted by Crippen LogP contribution is -2.47. The summed E-state index contributed by atoms with van der Waals surface area (Å²) in [6.07, 6.45) is 0.416. The highest BCUT2D eigenvalue weighted by molar-refractivity contribution is 5.79. The van der Waals surface area contributed by atoms with E-state index in [1.165, 1.54) is 5.56 Å². The third-order valence-electron chi connectivity index (χ3n) is 3.18. The zero-order valence-electron chi connectivity index (χ0n) is 12.2. The van der Waals surface area contributed by atoms with Gasteiger partial charge < -0.3 is 15.2 Å². The highest BCUT2D eigenvalue weighted by Gasteiger charge is 2.29. The predicted molar refractivity (Wildman–Crippen MR) is 75.3 cm³/mol. The first-order valence-corrected chi connectivity index (χ1v) is 6.53. The number of benzene rings is 1. The molecule has 0 aliphatic heterocycles. The molecule has 0 aliphatic carbocycles. The molecule has 2 N–H and O–H groups in total. The number of rotatable bonds is 6. The number of aryl methyl sites for hydroxylation is 1. The monoisotopic (exact) mass is 265 g/mol. The van der Waals surface area contributed by atoms with Crippen molar-refractivity contribution in [2.75, 3.05) is 13.2 Å². The summed E-state index contributed by atoms with van der Waals surface area (Å²) in [5, 5.41) is 0. The molecular weight excluding hydrogens is 242 g/mol. The first-order valence-electron chi connectivity index (χ1n) is 6.53. The molecule has 0 aromatic heterocycles. The summed E-state index contributed by atoms with van der Waals surface area (Å²) in [7, 11) is 0. The van der Waals surface area contributed by atoms with Gasteiger partial charge in [-0.15, -0.1) is 0 Å². The molecule has 1 aromatic rings. The van der Waals surface area contributed by atoms with Gasteiger partial charge in [0.25, 0.3) is 0 Å². The topological polar surface area (TPSA) is 61.5 Å². The molecular formula is C15H23NO3. The first kappa shape index (κ1) is 15.5. The van der Waals surface area contributed by atoms with Gasteiger partial charge in [0.2, 0.25) is 0 Å². The quantitative estimate of drug-likeness (QED) is 0.802. The summed E-state index contributed by atoms with van der Waals surface area (Å²) in [6, 6.07) is 5.90. The van der Waals surface area contributed by atoms with E-state index in [9.17, 15) is 4.79 Å². The molecule has 0 amide bonds. The van der Waals surface area contributed by atoms with Crippen LogP contribution < -0.4 is 10.5 Å². The van der Waals surface area contributed by atoms with E-state index in [0.29, 0.717) is 19.6 Å². The number of hydrogen-bond acceptors (Lipinski definition) is 4. The average molecular weight is 265 g/mol. The second-order valence-corrected chi connectivity index (χ2v) is 4.93. The molecule has 1 atom stereocenters. The maximum atomic E-state index is 11.6. The Morgan fingerprint density at radius 3 is 2.68 bits per heavy atom. The van der Waals surface area contributed by atoms with Crippen molar-refractivity contribution < 1.29 is 14.3 Å². The van der Waals surface area contributed by atoms with Crippen LogP contribution in [-0.4, -0.2) is 24.7 Å². The minimum Gasteiger partial charge on any atom is -0.493 e. The third-order valence-corrected chi connectivity index (χ3v) is 3.18. The van der Waals surface area contributed by atoms with E-state index in [-0.39, 0.29) is 5.97 Å². The van der Waals surface area contributed by atoms with Crippen molar-refractivity contribution in [3.63, 3.8) is 0 Å². The van der Waals surface area contributed by atoms with Gasteiger partial charge in [-0.05, 0) is 44.9 Å². The van der Waals surface area contributed by atoms with E-state index >= 15 is 0 Å². The average Bonchev–Trinajstić information content (AvgIpc) is 2.34. The van der Waals surface area contributed by atoms with E-state index in [4.69, 9.17) is 15.2 Å². The molecule has 0 bridgehead atoms. The smallest absolute Gasteiger partial charge is 0.325 e. The van der Waals surface area contributed by atoms with Gasteiger partial charge in [-0.2, -0.15) is 0 Å². The number of carbonyl (C=O) groups excluding carboxylic acids is 1. The largest absolute Gasteiger partial charge is 0.493 e. The summed E-state index contributed by atoms with van der Waals surface area (Å²) >= 11 is 0. The Balaban J connectivity index is 2.54. The van der Waals surface area contributed by atoms with Crippen LogP contribution in [0.3, 0.4) is 0 Å². The van der Waals surface area contributed by atoms with E-state index in [0.717, 1.165) is 11.3 Å². The highest BCUT2D eigenvalue weighted by Crippen LogP contribution is 2.21. The molecule has 1 unspecified atom stereocenters. The summed E-state index contributed by atoms with van der Waals surface area (Å²) in [5.74, 6) is 0.444. The fourth-order valence-electron chi connectivity index (χ4n) is 1.65. The van der Waals surface area contributed by atoms with E-state index in [1.54, 1.807) is 13.8 Å². The molecule has 19 heavy (non-hydrogen) atoms. The number of esters is 1. The van der Waals surface area contributed by atoms with Gasteiger partial charge in [-0.1, -0.05) is 12.1 Å². The lowest BCUT2D eigenvalue weighted by atomic mass is 10.0. The van der Waals surface area contributed by atoms with Gasteiger partial charge in [0.05, 0.1) is 13.2 Å². The fourth-order valence-corrected chi connectivity index (χ4v) is 1.65. The van der Waals surface area contributed by atoms with Crippen LogP contribution in [-0.2, 0) is 9.53 Å². The zero-order chi connectivity index (χ0) is 14.5. The molecule has 1 rings (SSSR count). The third kappa shape index (κ3) is 4.24. The minimum atomic E-state index is -1.01. The number of ether oxygens (including phenoxy) is 2. The van der Waals surface area contributed by atoms with Crippen molar-refractivity contribution in [2.45, 2.75) is 39.7 Å². The fraction of sp³-hybridized carbons (Fsp3) is 0.533. The molecule has 0 radical (unpaired) electrons. The summed E-state index contributed by atoms with van der Waals surface area (Å²) < 4.78 is 10.6. The lowest BCUT2D eigenvalue weighted by Gasteiger charge is -2.22. The molecule has 1 aromatic carbocycles. The second-order valence-electron chi connectivity index (χ2n) is 4.93. The van der Waals surface area contributed by atoms with E-state index in [1.807, 2.05) is 32.0 Å². The highest BCUT2D eigenvalue weighted by atomic mass is 16.5. The van der Waals surface area contributed by atoms with Crippen molar-refractivity contribution in [3.05, 3.63) is 29.3 Å². The van der Waals surface area contributed by atoms with Gasteiger partial charge in [0.1, 0.15) is 11.3 Å². The Bertz CT molecular complexity index is 441. The molecule has 0 saturated carbocycles. The Labute approximate surface area is 114 Å². The van der Waals surface area contributed by atoms with Gasteiger partial charge in [0.15, 0.2) is 0 Å². The number of nitrogens with two attached hydrogens (primary N) is 1. The van der Waals surface area contributed by atoms with Crippen molar-refractivity contribution in [3.8, 4) is 5.75 Å². The molecule has 0 saturated heterocycles. The SMILES string of the molecule is CCOC(=O)C(C)(N)CCOc1cccc(C)c1C. The Hall–Kier alpha value is -1.55. The van der Waals surface area contributed by atoms with Crippen LogP contribution in [0.25, 0.3) is 0 Å². The maximum Gasteiger partial charge on any atom is 0.325 e. The van der Waals surface area contributed by atoms with E-state index in [2.05, 4.69) is 0 Å². The van der Waals surface area contributed by atoms with Gasteiger partial charge in [-0.3, -0.25) is 4.79 Å². The second kappa shape index (κ2) is 6.57. The van der Waals surface area contributed by atoms with Crippen molar-refractivity contribution >= 4 is 5.97 Å². The van der Waals surface area contributed by atoms with Crippen molar-refractivity contribution in [2.24, 2.45) is 5.73 Å². The van der Waals surface area contributed by atoms with Crippen LogP contribution in [0, 0.1) is 13.8 Å². The predicted octanol–water partition coefficient (Wildman–Crippen LogP) is 2.35. The maximum absolute atomic E-state index is 11.6. The van der Waals surface area contributed by atoms with Crippen LogP contribution in [0.4, 0.5) is 0 Å². The molecule has 0 aliphatic rings. The van der Waals surface area contributed by atoms with E-state index < -0.39 is 5.54 Å². The van der Waals surface area contributed by atoms with Crippen LogP contribution >= 0.6 is 0 Å².